The molecular weight excluding hydrogens is 242 g/mol. The molecule has 0 saturated carbocycles. The smallest absolute Gasteiger partial charge is 0.273 e. The fraction of sp³-hybridized carbons (Fsp3) is 0.700. The van der Waals surface area contributed by atoms with Crippen molar-refractivity contribution in [3.05, 3.63) is 11.4 Å². The van der Waals surface area contributed by atoms with Crippen LogP contribution in [0.15, 0.2) is 0 Å². The summed E-state index contributed by atoms with van der Waals surface area (Å²) in [7, 11) is 1.77. The molecule has 0 unspecified atom stereocenters. The van der Waals surface area contributed by atoms with Crippen LogP contribution in [-0.4, -0.2) is 40.5 Å². The number of hydrogen-bond donors (Lipinski definition) is 2. The Morgan fingerprint density at radius 2 is 2.06 bits per heavy atom. The maximum absolute atomic E-state index is 11.7. The third-order valence-corrected chi connectivity index (χ3v) is 2.34. The number of rotatable bonds is 6. The first-order valence-electron chi connectivity index (χ1n) is 5.52. The van der Waals surface area contributed by atoms with Gasteiger partial charge in [0.15, 0.2) is 5.69 Å². The van der Waals surface area contributed by atoms with Crippen molar-refractivity contribution < 1.29 is 4.79 Å². The summed E-state index contributed by atoms with van der Waals surface area (Å²) in [4.78, 5) is 11.7. The van der Waals surface area contributed by atoms with Gasteiger partial charge in [-0.05, 0) is 19.9 Å². The molecule has 0 fully saturated rings. The van der Waals surface area contributed by atoms with Crippen molar-refractivity contribution in [3.63, 3.8) is 0 Å². The van der Waals surface area contributed by atoms with E-state index in [4.69, 9.17) is 0 Å². The van der Waals surface area contributed by atoms with E-state index >= 15 is 0 Å². The van der Waals surface area contributed by atoms with Crippen molar-refractivity contribution in [3.8, 4) is 0 Å². The summed E-state index contributed by atoms with van der Waals surface area (Å²) >= 11 is 0. The van der Waals surface area contributed by atoms with Gasteiger partial charge < -0.3 is 10.6 Å². The fourth-order valence-electron chi connectivity index (χ4n) is 1.26. The summed E-state index contributed by atoms with van der Waals surface area (Å²) in [5, 5.41) is 13.6. The minimum absolute atomic E-state index is 0. The van der Waals surface area contributed by atoms with Gasteiger partial charge in [-0.15, -0.1) is 17.5 Å². The third kappa shape index (κ3) is 4.70. The molecule has 0 atom stereocenters. The Morgan fingerprint density at radius 1 is 1.35 bits per heavy atom. The molecule has 1 aromatic rings. The second-order valence-electron chi connectivity index (χ2n) is 3.65. The molecule has 0 radical (unpaired) electrons. The van der Waals surface area contributed by atoms with E-state index in [2.05, 4.69) is 27.9 Å². The van der Waals surface area contributed by atoms with Crippen LogP contribution < -0.4 is 10.6 Å². The van der Waals surface area contributed by atoms with Gasteiger partial charge in [0.2, 0.25) is 0 Å². The number of amides is 1. The van der Waals surface area contributed by atoms with Crippen molar-refractivity contribution in [2.75, 3.05) is 19.6 Å². The predicted molar refractivity (Wildman–Crippen MR) is 68.5 cm³/mol. The average molecular weight is 262 g/mol. The van der Waals surface area contributed by atoms with E-state index < -0.39 is 0 Å². The van der Waals surface area contributed by atoms with Gasteiger partial charge in [0, 0.05) is 20.1 Å². The molecule has 2 N–H and O–H groups in total. The molecule has 0 bridgehead atoms. The minimum Gasteiger partial charge on any atom is -0.349 e. The molecule has 1 rings (SSSR count). The quantitative estimate of drug-likeness (QED) is 0.722. The predicted octanol–water partition coefficient (Wildman–Crippen LogP) is 0.275. The number of aryl methyl sites for hydroxylation is 1. The van der Waals surface area contributed by atoms with E-state index in [0.29, 0.717) is 12.2 Å². The molecule has 1 aromatic heterocycles. The molecular formula is C10H20ClN5O. The van der Waals surface area contributed by atoms with Crippen LogP contribution in [0.2, 0.25) is 0 Å². The van der Waals surface area contributed by atoms with E-state index in [0.717, 1.165) is 25.2 Å². The Bertz CT molecular complexity index is 352. The van der Waals surface area contributed by atoms with Crippen LogP contribution in [0.1, 0.15) is 29.5 Å². The monoisotopic (exact) mass is 261 g/mol. The van der Waals surface area contributed by atoms with Gasteiger partial charge in [0.1, 0.15) is 0 Å². The lowest BCUT2D eigenvalue weighted by molar-refractivity contribution is 0.0948. The fourth-order valence-corrected chi connectivity index (χ4v) is 1.26. The summed E-state index contributed by atoms with van der Waals surface area (Å²) in [5.74, 6) is -0.163. The van der Waals surface area contributed by atoms with Gasteiger partial charge >= 0.3 is 0 Å². The Balaban J connectivity index is 0.00000256. The average Bonchev–Trinajstić information content (AvgIpc) is 2.59. The van der Waals surface area contributed by atoms with Gasteiger partial charge in [-0.1, -0.05) is 12.1 Å². The largest absolute Gasteiger partial charge is 0.349 e. The van der Waals surface area contributed by atoms with Gasteiger partial charge in [0.05, 0.1) is 5.69 Å². The number of carbonyl (C=O) groups is 1. The van der Waals surface area contributed by atoms with E-state index in [9.17, 15) is 4.79 Å². The van der Waals surface area contributed by atoms with Crippen molar-refractivity contribution in [2.45, 2.75) is 20.3 Å². The van der Waals surface area contributed by atoms with Crippen LogP contribution in [0.4, 0.5) is 0 Å². The Morgan fingerprint density at radius 3 is 2.59 bits per heavy atom. The number of aromatic nitrogens is 3. The van der Waals surface area contributed by atoms with Crippen LogP contribution >= 0.6 is 12.4 Å². The Kier molecular flexibility index (Phi) is 7.49. The van der Waals surface area contributed by atoms with Crippen molar-refractivity contribution in [1.82, 2.24) is 25.6 Å². The first-order valence-corrected chi connectivity index (χ1v) is 5.52. The Labute approximate surface area is 108 Å². The van der Waals surface area contributed by atoms with E-state index in [1.807, 2.05) is 6.92 Å². The lowest BCUT2D eigenvalue weighted by Crippen LogP contribution is -2.32. The lowest BCUT2D eigenvalue weighted by atomic mass is 10.3. The van der Waals surface area contributed by atoms with Gasteiger partial charge in [0.25, 0.3) is 5.91 Å². The standard InChI is InChI=1S/C10H19N5O.ClH/c1-4-5-11-6-7-12-10(16)9-8(2)15(3)14-13-9;/h11H,4-7H2,1-3H3,(H,12,16);1H. The first-order chi connectivity index (χ1) is 7.66. The first kappa shape index (κ1) is 15.9. The maximum Gasteiger partial charge on any atom is 0.273 e. The van der Waals surface area contributed by atoms with E-state index in [1.54, 1.807) is 11.7 Å². The second kappa shape index (κ2) is 8.03. The molecule has 6 nitrogen and oxygen atoms in total. The number of carbonyl (C=O) groups excluding carboxylic acids is 1. The molecule has 0 aliphatic carbocycles. The molecule has 1 amide bonds. The molecule has 0 aliphatic rings. The molecule has 1 heterocycles. The highest BCUT2D eigenvalue weighted by Gasteiger charge is 2.13. The van der Waals surface area contributed by atoms with Gasteiger partial charge in [-0.2, -0.15) is 0 Å². The van der Waals surface area contributed by atoms with Crippen molar-refractivity contribution >= 4 is 18.3 Å². The summed E-state index contributed by atoms with van der Waals surface area (Å²) in [5.41, 5.74) is 1.18. The normalized spacial score (nSPS) is 9.82. The zero-order valence-electron chi connectivity index (χ0n) is 10.5. The summed E-state index contributed by atoms with van der Waals surface area (Å²) < 4.78 is 1.59. The third-order valence-electron chi connectivity index (χ3n) is 2.34. The highest BCUT2D eigenvalue weighted by molar-refractivity contribution is 5.93. The van der Waals surface area contributed by atoms with Crippen LogP contribution in [0.3, 0.4) is 0 Å². The van der Waals surface area contributed by atoms with Crippen LogP contribution in [0, 0.1) is 6.92 Å². The van der Waals surface area contributed by atoms with Crippen LogP contribution in [-0.2, 0) is 7.05 Å². The maximum atomic E-state index is 11.7. The second-order valence-corrected chi connectivity index (χ2v) is 3.65. The molecule has 17 heavy (non-hydrogen) atoms. The Hall–Kier alpha value is -1.14. The van der Waals surface area contributed by atoms with Crippen molar-refractivity contribution in [1.29, 1.82) is 0 Å². The van der Waals surface area contributed by atoms with Gasteiger partial charge in [-0.3, -0.25) is 9.48 Å². The summed E-state index contributed by atoms with van der Waals surface area (Å²) in [6, 6.07) is 0. The van der Waals surface area contributed by atoms with E-state index in [1.165, 1.54) is 0 Å². The summed E-state index contributed by atoms with van der Waals surface area (Å²) in [6.45, 7) is 6.28. The lowest BCUT2D eigenvalue weighted by Gasteiger charge is -2.04. The topological polar surface area (TPSA) is 71.8 Å². The summed E-state index contributed by atoms with van der Waals surface area (Å²) in [6.07, 6.45) is 1.09. The molecule has 98 valence electrons. The SMILES string of the molecule is CCCNCCNC(=O)c1nnn(C)c1C.Cl. The number of nitrogens with one attached hydrogen (secondary N) is 2. The van der Waals surface area contributed by atoms with Crippen LogP contribution in [0.25, 0.3) is 0 Å². The van der Waals surface area contributed by atoms with Crippen LogP contribution in [0.5, 0.6) is 0 Å². The zero-order valence-corrected chi connectivity index (χ0v) is 11.3. The number of halogens is 1. The molecule has 0 saturated heterocycles. The number of hydrogen-bond acceptors (Lipinski definition) is 4. The molecule has 0 spiro atoms. The zero-order chi connectivity index (χ0) is 12.0. The highest BCUT2D eigenvalue weighted by Crippen LogP contribution is 2.00. The highest BCUT2D eigenvalue weighted by atomic mass is 35.5. The molecule has 0 aromatic carbocycles. The van der Waals surface area contributed by atoms with Gasteiger partial charge in [-0.25, -0.2) is 0 Å². The minimum atomic E-state index is -0.163. The molecule has 0 aliphatic heterocycles. The van der Waals surface area contributed by atoms with Crippen molar-refractivity contribution in [2.24, 2.45) is 7.05 Å². The molecule has 7 heteroatoms. The van der Waals surface area contributed by atoms with E-state index in [-0.39, 0.29) is 18.3 Å². The number of nitrogens with zero attached hydrogens (tertiary/aromatic N) is 3.